The highest BCUT2D eigenvalue weighted by atomic mass is 32.1. The van der Waals surface area contributed by atoms with E-state index in [0.29, 0.717) is 22.6 Å². The fourth-order valence-corrected chi connectivity index (χ4v) is 3.10. The number of nitrogens with two attached hydrogens (primary N) is 1. The number of benzene rings is 1. The largest absolute Gasteiger partial charge is 0.491 e. The fraction of sp³-hybridized carbons (Fsp3) is 0.111. The molecule has 1 aromatic carbocycles. The third-order valence-corrected chi connectivity index (χ3v) is 4.35. The molecule has 0 aliphatic rings. The highest BCUT2D eigenvalue weighted by Crippen LogP contribution is 2.37. The highest BCUT2D eigenvalue weighted by molar-refractivity contribution is 7.13. The van der Waals surface area contributed by atoms with E-state index in [0.717, 1.165) is 10.4 Å². The lowest BCUT2D eigenvalue weighted by atomic mass is 9.99. The van der Waals surface area contributed by atoms with Crippen molar-refractivity contribution < 1.29 is 9.84 Å². The summed E-state index contributed by atoms with van der Waals surface area (Å²) in [6.45, 7) is 0.0929. The van der Waals surface area contributed by atoms with Gasteiger partial charge in [-0.05, 0) is 23.6 Å². The molecule has 0 amide bonds. The Bertz CT molecular complexity index is 886. The molecule has 0 atom stereocenters. The number of nitrogen functional groups attached to an aromatic ring is 1. The average Bonchev–Trinajstić information content (AvgIpc) is 3.14. The maximum Gasteiger partial charge on any atom is 0.142 e. The summed E-state index contributed by atoms with van der Waals surface area (Å²) in [5, 5.41) is 20.5. The number of pyridine rings is 1. The van der Waals surface area contributed by atoms with E-state index in [1.807, 2.05) is 41.8 Å². The standard InChI is InChI=1S/C18H15N3O2S/c19-11-14-13(12-4-1-2-5-16(12)23-8-7-22)10-15(21-18(14)20)17-6-3-9-24-17/h1-6,9-10,22H,7-8H2,(H2,20,21). The lowest BCUT2D eigenvalue weighted by Crippen LogP contribution is -2.04. The van der Waals surface area contributed by atoms with E-state index in [1.54, 1.807) is 17.4 Å². The van der Waals surface area contributed by atoms with Gasteiger partial charge in [-0.25, -0.2) is 4.98 Å². The zero-order valence-corrected chi connectivity index (χ0v) is 13.6. The lowest BCUT2D eigenvalue weighted by molar-refractivity contribution is 0.202. The van der Waals surface area contributed by atoms with Gasteiger partial charge in [0.05, 0.1) is 17.2 Å². The molecular weight excluding hydrogens is 322 g/mol. The maximum absolute atomic E-state index is 9.50. The van der Waals surface area contributed by atoms with Crippen molar-refractivity contribution >= 4 is 17.2 Å². The molecule has 0 fully saturated rings. The summed E-state index contributed by atoms with van der Waals surface area (Å²) in [5.74, 6) is 0.779. The summed E-state index contributed by atoms with van der Waals surface area (Å²) in [6, 6.07) is 15.2. The summed E-state index contributed by atoms with van der Waals surface area (Å²) >= 11 is 1.55. The van der Waals surface area contributed by atoms with Crippen molar-refractivity contribution in [2.45, 2.75) is 0 Å². The van der Waals surface area contributed by atoms with Crippen molar-refractivity contribution in [1.82, 2.24) is 4.98 Å². The Morgan fingerprint density at radius 1 is 1.21 bits per heavy atom. The van der Waals surface area contributed by atoms with Crippen molar-refractivity contribution in [3.8, 4) is 33.5 Å². The number of anilines is 1. The van der Waals surface area contributed by atoms with Crippen molar-refractivity contribution in [1.29, 1.82) is 5.26 Å². The van der Waals surface area contributed by atoms with Crippen LogP contribution in [0.4, 0.5) is 5.82 Å². The SMILES string of the molecule is N#Cc1c(-c2ccccc2OCCO)cc(-c2cccs2)nc1N. The molecular formula is C18H15N3O2S. The van der Waals surface area contributed by atoms with Crippen LogP contribution in [-0.4, -0.2) is 23.3 Å². The molecule has 2 heterocycles. The number of para-hydroxylation sites is 1. The first-order valence-electron chi connectivity index (χ1n) is 7.32. The second-order valence-corrected chi connectivity index (χ2v) is 5.92. The molecule has 3 aromatic rings. The topological polar surface area (TPSA) is 92.2 Å². The normalized spacial score (nSPS) is 10.3. The molecule has 0 saturated heterocycles. The number of aliphatic hydroxyl groups excluding tert-OH is 1. The van der Waals surface area contributed by atoms with Gasteiger partial charge in [-0.2, -0.15) is 5.26 Å². The Morgan fingerprint density at radius 3 is 2.75 bits per heavy atom. The third kappa shape index (κ3) is 3.08. The Hall–Kier alpha value is -2.88. The van der Waals surface area contributed by atoms with Crippen LogP contribution in [0.25, 0.3) is 21.7 Å². The number of nitrogens with zero attached hydrogens (tertiary/aromatic N) is 2. The van der Waals surface area contributed by atoms with E-state index in [-0.39, 0.29) is 19.0 Å². The maximum atomic E-state index is 9.50. The number of nitriles is 1. The van der Waals surface area contributed by atoms with E-state index in [9.17, 15) is 5.26 Å². The zero-order chi connectivity index (χ0) is 16.9. The lowest BCUT2D eigenvalue weighted by Gasteiger charge is -2.13. The molecule has 0 aliphatic heterocycles. The minimum atomic E-state index is -0.0849. The number of aliphatic hydroxyl groups is 1. The van der Waals surface area contributed by atoms with Crippen LogP contribution >= 0.6 is 11.3 Å². The molecule has 0 radical (unpaired) electrons. The quantitative estimate of drug-likeness (QED) is 0.745. The summed E-state index contributed by atoms with van der Waals surface area (Å²) in [5.41, 5.74) is 8.46. The summed E-state index contributed by atoms with van der Waals surface area (Å²) in [7, 11) is 0. The van der Waals surface area contributed by atoms with Gasteiger partial charge in [-0.1, -0.05) is 24.3 Å². The van der Waals surface area contributed by atoms with E-state index in [2.05, 4.69) is 11.1 Å². The van der Waals surface area contributed by atoms with Crippen LogP contribution in [0, 0.1) is 11.3 Å². The van der Waals surface area contributed by atoms with Gasteiger partial charge in [0.15, 0.2) is 0 Å². The van der Waals surface area contributed by atoms with Crippen molar-refractivity contribution in [2.75, 3.05) is 18.9 Å². The van der Waals surface area contributed by atoms with Crippen LogP contribution in [0.2, 0.25) is 0 Å². The van der Waals surface area contributed by atoms with Gasteiger partial charge >= 0.3 is 0 Å². The molecule has 5 nitrogen and oxygen atoms in total. The van der Waals surface area contributed by atoms with Gasteiger partial charge in [0, 0.05) is 11.1 Å². The second-order valence-electron chi connectivity index (χ2n) is 4.97. The van der Waals surface area contributed by atoms with Gasteiger partial charge in [-0.15, -0.1) is 11.3 Å². The number of thiophene rings is 1. The van der Waals surface area contributed by atoms with Crippen molar-refractivity contribution in [3.63, 3.8) is 0 Å². The minimum Gasteiger partial charge on any atom is -0.491 e. The van der Waals surface area contributed by atoms with Gasteiger partial charge in [0.25, 0.3) is 0 Å². The number of aromatic nitrogens is 1. The highest BCUT2D eigenvalue weighted by Gasteiger charge is 2.16. The Balaban J connectivity index is 2.19. The Kier molecular flexibility index (Phi) is 4.75. The number of rotatable bonds is 5. The molecule has 2 aromatic heterocycles. The van der Waals surface area contributed by atoms with Crippen LogP contribution in [0.15, 0.2) is 47.8 Å². The second kappa shape index (κ2) is 7.13. The van der Waals surface area contributed by atoms with Crippen LogP contribution in [0.5, 0.6) is 5.75 Å². The van der Waals surface area contributed by atoms with Crippen LogP contribution < -0.4 is 10.5 Å². The Labute approximate surface area is 143 Å². The molecule has 0 bridgehead atoms. The van der Waals surface area contributed by atoms with E-state index in [1.165, 1.54) is 0 Å². The molecule has 0 saturated carbocycles. The zero-order valence-electron chi connectivity index (χ0n) is 12.8. The first kappa shape index (κ1) is 16.0. The summed E-state index contributed by atoms with van der Waals surface area (Å²) < 4.78 is 5.59. The van der Waals surface area contributed by atoms with Gasteiger partial charge < -0.3 is 15.6 Å². The van der Waals surface area contributed by atoms with Crippen LogP contribution in [0.3, 0.4) is 0 Å². The van der Waals surface area contributed by atoms with Crippen molar-refractivity contribution in [2.24, 2.45) is 0 Å². The fourth-order valence-electron chi connectivity index (χ4n) is 2.42. The molecule has 0 spiro atoms. The van der Waals surface area contributed by atoms with E-state index < -0.39 is 0 Å². The van der Waals surface area contributed by atoms with E-state index >= 15 is 0 Å². The molecule has 3 N–H and O–H groups in total. The summed E-state index contributed by atoms with van der Waals surface area (Å²) in [6.07, 6.45) is 0. The van der Waals surface area contributed by atoms with E-state index in [4.69, 9.17) is 15.6 Å². The van der Waals surface area contributed by atoms with Crippen molar-refractivity contribution in [3.05, 3.63) is 53.4 Å². The number of hydrogen-bond donors (Lipinski definition) is 2. The first-order valence-corrected chi connectivity index (χ1v) is 8.20. The molecule has 6 heteroatoms. The monoisotopic (exact) mass is 337 g/mol. The number of ether oxygens (including phenoxy) is 1. The van der Waals surface area contributed by atoms with Crippen LogP contribution in [0.1, 0.15) is 5.56 Å². The molecule has 0 unspecified atom stereocenters. The third-order valence-electron chi connectivity index (χ3n) is 3.46. The van der Waals surface area contributed by atoms with Gasteiger partial charge in [0.1, 0.15) is 29.8 Å². The molecule has 0 aliphatic carbocycles. The smallest absolute Gasteiger partial charge is 0.142 e. The minimum absolute atomic E-state index is 0.0849. The molecule has 3 rings (SSSR count). The predicted molar refractivity (Wildman–Crippen MR) is 94.7 cm³/mol. The Morgan fingerprint density at radius 2 is 2.04 bits per heavy atom. The molecule has 24 heavy (non-hydrogen) atoms. The van der Waals surface area contributed by atoms with Crippen LogP contribution in [-0.2, 0) is 0 Å². The number of hydrogen-bond acceptors (Lipinski definition) is 6. The van der Waals surface area contributed by atoms with Gasteiger partial charge in [-0.3, -0.25) is 0 Å². The van der Waals surface area contributed by atoms with Gasteiger partial charge in [0.2, 0.25) is 0 Å². The average molecular weight is 337 g/mol. The molecule has 120 valence electrons. The first-order chi connectivity index (χ1) is 11.7. The summed E-state index contributed by atoms with van der Waals surface area (Å²) in [4.78, 5) is 5.32. The predicted octanol–water partition coefficient (Wildman–Crippen LogP) is 3.30.